The van der Waals surface area contributed by atoms with E-state index in [1.54, 1.807) is 6.20 Å². The second-order valence-electron chi connectivity index (χ2n) is 2.15. The lowest BCUT2D eigenvalue weighted by Crippen LogP contribution is -2.17. The molecule has 0 radical (unpaired) electrons. The Labute approximate surface area is 78.2 Å². The van der Waals surface area contributed by atoms with Gasteiger partial charge in [0.1, 0.15) is 5.76 Å². The van der Waals surface area contributed by atoms with Crippen LogP contribution < -0.4 is 5.73 Å². The third kappa shape index (κ3) is 5.07. The lowest BCUT2D eigenvalue weighted by atomic mass is 10.2. The van der Waals surface area contributed by atoms with Crippen LogP contribution in [-0.2, 0) is 6.42 Å². The highest BCUT2D eigenvalue weighted by Gasteiger charge is 1.98. The minimum atomic E-state index is 0. The Hall–Kier alpha value is -0.250. The normalized spacial score (nSPS) is 11.1. The van der Waals surface area contributed by atoms with Crippen molar-refractivity contribution in [2.45, 2.75) is 19.4 Å². The van der Waals surface area contributed by atoms with E-state index in [1.165, 1.54) is 6.39 Å². The quantitative estimate of drug-likeness (QED) is 0.783. The zero-order valence-electron chi connectivity index (χ0n) is 6.19. The van der Waals surface area contributed by atoms with Gasteiger partial charge in [-0.1, -0.05) is 0 Å². The molecule has 66 valence electrons. The van der Waals surface area contributed by atoms with Crippen molar-refractivity contribution in [2.24, 2.45) is 5.73 Å². The SMILES string of the molecule is CC(N)Cc1cnco1.Cl.Cl. The van der Waals surface area contributed by atoms with Crippen molar-refractivity contribution in [3.8, 4) is 0 Å². The second kappa shape index (κ2) is 6.46. The molecule has 0 aromatic carbocycles. The average molecular weight is 199 g/mol. The predicted molar refractivity (Wildman–Crippen MR) is 48.4 cm³/mol. The molecule has 0 spiro atoms. The summed E-state index contributed by atoms with van der Waals surface area (Å²) >= 11 is 0. The first-order valence-corrected chi connectivity index (χ1v) is 2.92. The highest BCUT2D eigenvalue weighted by Crippen LogP contribution is 1.98. The molecule has 1 heterocycles. The van der Waals surface area contributed by atoms with E-state index < -0.39 is 0 Å². The maximum atomic E-state index is 5.50. The van der Waals surface area contributed by atoms with E-state index in [0.717, 1.165) is 12.2 Å². The van der Waals surface area contributed by atoms with Crippen LogP contribution in [0.5, 0.6) is 0 Å². The molecule has 1 rings (SSSR count). The fraction of sp³-hybridized carbons (Fsp3) is 0.500. The fourth-order valence-corrected chi connectivity index (χ4v) is 0.660. The van der Waals surface area contributed by atoms with Crippen LogP contribution in [0.2, 0.25) is 0 Å². The van der Waals surface area contributed by atoms with Crippen LogP contribution in [0.3, 0.4) is 0 Å². The van der Waals surface area contributed by atoms with Gasteiger partial charge in [0.05, 0.1) is 6.20 Å². The van der Waals surface area contributed by atoms with Gasteiger partial charge in [0.2, 0.25) is 0 Å². The largest absolute Gasteiger partial charge is 0.448 e. The van der Waals surface area contributed by atoms with Crippen LogP contribution in [0.4, 0.5) is 0 Å². The van der Waals surface area contributed by atoms with E-state index >= 15 is 0 Å². The van der Waals surface area contributed by atoms with Crippen LogP contribution in [-0.4, -0.2) is 11.0 Å². The molecule has 0 aliphatic heterocycles. The van der Waals surface area contributed by atoms with Gasteiger partial charge in [0.25, 0.3) is 0 Å². The first-order chi connectivity index (χ1) is 4.29. The molecule has 3 nitrogen and oxygen atoms in total. The molecule has 11 heavy (non-hydrogen) atoms. The van der Waals surface area contributed by atoms with Gasteiger partial charge in [-0.15, -0.1) is 24.8 Å². The van der Waals surface area contributed by atoms with Gasteiger partial charge in [0.15, 0.2) is 6.39 Å². The van der Waals surface area contributed by atoms with E-state index in [2.05, 4.69) is 4.98 Å². The lowest BCUT2D eigenvalue weighted by Gasteiger charge is -1.97. The zero-order chi connectivity index (χ0) is 6.69. The molecule has 1 aromatic heterocycles. The van der Waals surface area contributed by atoms with Crippen molar-refractivity contribution < 1.29 is 4.42 Å². The van der Waals surface area contributed by atoms with E-state index in [9.17, 15) is 0 Å². The molecule has 2 N–H and O–H groups in total. The summed E-state index contributed by atoms with van der Waals surface area (Å²) in [6.07, 6.45) is 3.86. The highest BCUT2D eigenvalue weighted by molar-refractivity contribution is 5.85. The van der Waals surface area contributed by atoms with Gasteiger partial charge in [0, 0.05) is 12.5 Å². The van der Waals surface area contributed by atoms with Crippen LogP contribution in [0.15, 0.2) is 17.0 Å². The van der Waals surface area contributed by atoms with Gasteiger partial charge >= 0.3 is 0 Å². The van der Waals surface area contributed by atoms with E-state index in [4.69, 9.17) is 10.2 Å². The number of rotatable bonds is 2. The standard InChI is InChI=1S/C6H10N2O.2ClH/c1-5(7)2-6-3-8-4-9-6;;/h3-5H,2,7H2,1H3;2*1H. The highest BCUT2D eigenvalue weighted by atomic mass is 35.5. The molecule has 0 amide bonds. The van der Waals surface area contributed by atoms with Gasteiger partial charge in [-0.05, 0) is 6.92 Å². The molecule has 0 saturated heterocycles. The third-order valence-electron chi connectivity index (χ3n) is 1.01. The topological polar surface area (TPSA) is 52.0 Å². The molecule has 0 aliphatic carbocycles. The zero-order valence-corrected chi connectivity index (χ0v) is 7.82. The lowest BCUT2D eigenvalue weighted by molar-refractivity contribution is 0.487. The number of aromatic nitrogens is 1. The Balaban J connectivity index is 0. The number of halogens is 2. The molecule has 1 unspecified atom stereocenters. The Kier molecular flexibility index (Phi) is 7.84. The van der Waals surface area contributed by atoms with Gasteiger partial charge in [-0.3, -0.25) is 0 Å². The number of hydrogen-bond acceptors (Lipinski definition) is 3. The second-order valence-corrected chi connectivity index (χ2v) is 2.15. The molecular formula is C6H12Cl2N2O. The average Bonchev–Trinajstić information content (AvgIpc) is 2.15. The van der Waals surface area contributed by atoms with E-state index in [1.807, 2.05) is 6.92 Å². The van der Waals surface area contributed by atoms with Crippen molar-refractivity contribution in [1.29, 1.82) is 0 Å². The monoisotopic (exact) mass is 198 g/mol. The molecule has 1 aromatic rings. The molecule has 1 atom stereocenters. The van der Waals surface area contributed by atoms with Crippen LogP contribution in [0.25, 0.3) is 0 Å². The molecule has 0 fully saturated rings. The fourth-order valence-electron chi connectivity index (χ4n) is 0.660. The van der Waals surface area contributed by atoms with Crippen LogP contribution >= 0.6 is 24.8 Å². The number of nitrogens with zero attached hydrogens (tertiary/aromatic N) is 1. The Morgan fingerprint density at radius 2 is 2.27 bits per heavy atom. The molecule has 0 bridgehead atoms. The summed E-state index contributed by atoms with van der Waals surface area (Å²) in [5, 5.41) is 0. The summed E-state index contributed by atoms with van der Waals surface area (Å²) in [5.74, 6) is 0.852. The minimum Gasteiger partial charge on any atom is -0.448 e. The van der Waals surface area contributed by atoms with Gasteiger partial charge in [-0.2, -0.15) is 0 Å². The van der Waals surface area contributed by atoms with Crippen LogP contribution in [0.1, 0.15) is 12.7 Å². The summed E-state index contributed by atoms with van der Waals surface area (Å²) in [6, 6.07) is 0.151. The first kappa shape index (κ1) is 13.3. The Bertz CT molecular complexity index is 165. The van der Waals surface area contributed by atoms with E-state index in [0.29, 0.717) is 0 Å². The summed E-state index contributed by atoms with van der Waals surface area (Å²) < 4.78 is 4.95. The summed E-state index contributed by atoms with van der Waals surface area (Å²) in [7, 11) is 0. The van der Waals surface area contributed by atoms with Gasteiger partial charge in [-0.25, -0.2) is 4.98 Å². The van der Waals surface area contributed by atoms with Crippen molar-refractivity contribution >= 4 is 24.8 Å². The Morgan fingerprint density at radius 3 is 2.64 bits per heavy atom. The number of oxazole rings is 1. The molecular weight excluding hydrogens is 187 g/mol. The Morgan fingerprint density at radius 1 is 1.64 bits per heavy atom. The molecule has 0 aliphatic rings. The third-order valence-corrected chi connectivity index (χ3v) is 1.01. The van der Waals surface area contributed by atoms with E-state index in [-0.39, 0.29) is 30.9 Å². The summed E-state index contributed by atoms with van der Waals surface area (Å²) in [6.45, 7) is 1.93. The molecule has 0 saturated carbocycles. The number of nitrogens with two attached hydrogens (primary N) is 1. The van der Waals surface area contributed by atoms with Gasteiger partial charge < -0.3 is 10.2 Å². The van der Waals surface area contributed by atoms with Crippen molar-refractivity contribution in [3.63, 3.8) is 0 Å². The minimum absolute atomic E-state index is 0. The number of hydrogen-bond donors (Lipinski definition) is 1. The maximum absolute atomic E-state index is 5.50. The summed E-state index contributed by atoms with van der Waals surface area (Å²) in [5.41, 5.74) is 5.50. The smallest absolute Gasteiger partial charge is 0.180 e. The first-order valence-electron chi connectivity index (χ1n) is 2.92. The van der Waals surface area contributed by atoms with Crippen molar-refractivity contribution in [2.75, 3.05) is 0 Å². The predicted octanol–water partition coefficient (Wildman–Crippen LogP) is 1.41. The molecule has 5 heteroatoms. The van der Waals surface area contributed by atoms with Crippen LogP contribution in [0, 0.1) is 0 Å². The van der Waals surface area contributed by atoms with Crippen molar-refractivity contribution in [3.05, 3.63) is 18.4 Å². The summed E-state index contributed by atoms with van der Waals surface area (Å²) in [4.78, 5) is 3.75. The van der Waals surface area contributed by atoms with Crippen molar-refractivity contribution in [1.82, 2.24) is 4.98 Å². The maximum Gasteiger partial charge on any atom is 0.180 e.